The Bertz CT molecular complexity index is 357. The highest BCUT2D eigenvalue weighted by Gasteiger charge is 2.22. The minimum absolute atomic E-state index is 0.0000300. The van der Waals surface area contributed by atoms with Gasteiger partial charge in [-0.15, -0.1) is 0 Å². The zero-order valence-electron chi connectivity index (χ0n) is 11.5. The summed E-state index contributed by atoms with van der Waals surface area (Å²) in [4.78, 5) is 33.3. The zero-order chi connectivity index (χ0) is 15.0. The topological polar surface area (TPSA) is 117 Å². The third-order valence-electron chi connectivity index (χ3n) is 2.82. The SMILES string of the molecule is COC(CNC(=O)NCCCC(=O)NC1CC1)C(=O)O. The molecule has 20 heavy (non-hydrogen) atoms. The number of nitrogens with one attached hydrogen (secondary N) is 3. The molecule has 1 atom stereocenters. The molecule has 1 aliphatic carbocycles. The molecular weight excluding hydrogens is 266 g/mol. The maximum Gasteiger partial charge on any atom is 0.334 e. The van der Waals surface area contributed by atoms with Crippen LogP contribution in [0.2, 0.25) is 0 Å². The van der Waals surface area contributed by atoms with Gasteiger partial charge in [-0.25, -0.2) is 9.59 Å². The normalized spacial score (nSPS) is 15.2. The molecule has 0 aromatic heterocycles. The first-order valence-corrected chi connectivity index (χ1v) is 6.59. The lowest BCUT2D eigenvalue weighted by molar-refractivity contribution is -0.148. The fourth-order valence-corrected chi connectivity index (χ4v) is 1.50. The molecule has 1 fully saturated rings. The second kappa shape index (κ2) is 8.36. The van der Waals surface area contributed by atoms with E-state index in [-0.39, 0.29) is 12.5 Å². The van der Waals surface area contributed by atoms with E-state index in [1.807, 2.05) is 0 Å². The monoisotopic (exact) mass is 287 g/mol. The number of carboxylic acid groups (broad SMARTS) is 1. The van der Waals surface area contributed by atoms with Crippen molar-refractivity contribution in [3.8, 4) is 0 Å². The van der Waals surface area contributed by atoms with Crippen LogP contribution in [0.4, 0.5) is 4.79 Å². The van der Waals surface area contributed by atoms with Crippen LogP contribution in [0.5, 0.6) is 0 Å². The van der Waals surface area contributed by atoms with Crippen molar-refractivity contribution in [2.45, 2.75) is 37.8 Å². The third kappa shape index (κ3) is 6.93. The maximum atomic E-state index is 11.3. The summed E-state index contributed by atoms with van der Waals surface area (Å²) in [5, 5.41) is 16.5. The molecule has 0 heterocycles. The summed E-state index contributed by atoms with van der Waals surface area (Å²) in [6, 6.07) is -0.128. The number of methoxy groups -OCH3 is 1. The number of hydrogen-bond acceptors (Lipinski definition) is 4. The Labute approximate surface area is 117 Å². The second-order valence-corrected chi connectivity index (χ2v) is 4.64. The third-order valence-corrected chi connectivity index (χ3v) is 2.82. The van der Waals surface area contributed by atoms with Gasteiger partial charge in [0.25, 0.3) is 0 Å². The molecule has 0 aromatic rings. The van der Waals surface area contributed by atoms with Crippen molar-refractivity contribution < 1.29 is 24.2 Å². The van der Waals surface area contributed by atoms with E-state index in [1.165, 1.54) is 7.11 Å². The lowest BCUT2D eigenvalue weighted by Gasteiger charge is -2.12. The number of carbonyl (C=O) groups is 3. The number of aliphatic carboxylic acids is 1. The van der Waals surface area contributed by atoms with E-state index in [1.54, 1.807) is 0 Å². The Hall–Kier alpha value is -1.83. The molecular formula is C12H21N3O5. The number of rotatable bonds is 9. The average molecular weight is 287 g/mol. The molecule has 0 aromatic carbocycles. The largest absolute Gasteiger partial charge is 0.479 e. The van der Waals surface area contributed by atoms with Crippen molar-refractivity contribution in [3.63, 3.8) is 0 Å². The molecule has 0 radical (unpaired) electrons. The highest BCUT2D eigenvalue weighted by molar-refractivity contribution is 5.77. The van der Waals surface area contributed by atoms with E-state index in [4.69, 9.17) is 5.11 Å². The lowest BCUT2D eigenvalue weighted by atomic mass is 10.3. The van der Waals surface area contributed by atoms with E-state index in [0.717, 1.165) is 12.8 Å². The van der Waals surface area contributed by atoms with Gasteiger partial charge in [0.1, 0.15) is 0 Å². The molecule has 0 spiro atoms. The molecule has 8 nitrogen and oxygen atoms in total. The summed E-state index contributed by atoms with van der Waals surface area (Å²) in [6.45, 7) is 0.245. The van der Waals surface area contributed by atoms with Gasteiger partial charge in [-0.1, -0.05) is 0 Å². The molecule has 0 bridgehead atoms. The van der Waals surface area contributed by atoms with E-state index in [2.05, 4.69) is 20.7 Å². The van der Waals surface area contributed by atoms with Crippen molar-refractivity contribution >= 4 is 17.9 Å². The van der Waals surface area contributed by atoms with Crippen LogP contribution in [0.3, 0.4) is 0 Å². The molecule has 114 valence electrons. The van der Waals surface area contributed by atoms with Crippen LogP contribution < -0.4 is 16.0 Å². The number of carboxylic acids is 1. The molecule has 1 aliphatic rings. The van der Waals surface area contributed by atoms with Crippen LogP contribution in [0.1, 0.15) is 25.7 Å². The van der Waals surface area contributed by atoms with Gasteiger partial charge in [0, 0.05) is 26.1 Å². The number of urea groups is 1. The maximum absolute atomic E-state index is 11.3. The molecule has 4 N–H and O–H groups in total. The quantitative estimate of drug-likeness (QED) is 0.424. The second-order valence-electron chi connectivity index (χ2n) is 4.64. The summed E-state index contributed by atoms with van der Waals surface area (Å²) in [6.07, 6.45) is 1.95. The highest BCUT2D eigenvalue weighted by atomic mass is 16.5. The summed E-state index contributed by atoms with van der Waals surface area (Å²) in [5.41, 5.74) is 0. The van der Waals surface area contributed by atoms with Gasteiger partial charge in [-0.05, 0) is 19.3 Å². The average Bonchev–Trinajstić information content (AvgIpc) is 3.19. The van der Waals surface area contributed by atoms with Gasteiger partial charge in [-0.2, -0.15) is 0 Å². The van der Waals surface area contributed by atoms with Gasteiger partial charge in [-0.3, -0.25) is 4.79 Å². The van der Waals surface area contributed by atoms with Gasteiger partial charge in [0.15, 0.2) is 6.10 Å². The van der Waals surface area contributed by atoms with Crippen LogP contribution >= 0.6 is 0 Å². The minimum Gasteiger partial charge on any atom is -0.479 e. The summed E-state index contributed by atoms with van der Waals surface area (Å²) >= 11 is 0. The summed E-state index contributed by atoms with van der Waals surface area (Å²) in [7, 11) is 1.26. The van der Waals surface area contributed by atoms with Gasteiger partial charge in [0.2, 0.25) is 5.91 Å². The van der Waals surface area contributed by atoms with Crippen LogP contribution in [-0.2, 0) is 14.3 Å². The molecule has 3 amide bonds. The van der Waals surface area contributed by atoms with Crippen LogP contribution in [0, 0.1) is 0 Å². The Morgan fingerprint density at radius 2 is 2.00 bits per heavy atom. The predicted octanol–water partition coefficient (Wildman–Crippen LogP) is -0.556. The van der Waals surface area contributed by atoms with E-state index in [9.17, 15) is 14.4 Å². The smallest absolute Gasteiger partial charge is 0.334 e. The van der Waals surface area contributed by atoms with E-state index < -0.39 is 18.1 Å². The first-order valence-electron chi connectivity index (χ1n) is 6.59. The number of carbonyl (C=O) groups excluding carboxylic acids is 2. The molecule has 8 heteroatoms. The van der Waals surface area contributed by atoms with Gasteiger partial charge >= 0.3 is 12.0 Å². The Kier molecular flexibility index (Phi) is 6.78. The summed E-state index contributed by atoms with van der Waals surface area (Å²) < 4.78 is 4.67. The van der Waals surface area contributed by atoms with Gasteiger partial charge < -0.3 is 25.8 Å². The van der Waals surface area contributed by atoms with Crippen LogP contribution in [0.15, 0.2) is 0 Å². The van der Waals surface area contributed by atoms with E-state index in [0.29, 0.717) is 25.4 Å². The molecule has 1 saturated carbocycles. The number of amides is 3. The fraction of sp³-hybridized carbons (Fsp3) is 0.750. The van der Waals surface area contributed by atoms with E-state index >= 15 is 0 Å². The van der Waals surface area contributed by atoms with Gasteiger partial charge in [0.05, 0.1) is 6.54 Å². The van der Waals surface area contributed by atoms with Crippen LogP contribution in [-0.4, -0.2) is 55.4 Å². The van der Waals surface area contributed by atoms with Crippen molar-refractivity contribution in [2.24, 2.45) is 0 Å². The summed E-state index contributed by atoms with van der Waals surface area (Å²) in [5.74, 6) is -1.13. The number of ether oxygens (including phenoxy) is 1. The standard InChI is InChI=1S/C12H21N3O5/c1-20-9(11(17)18)7-14-12(19)13-6-2-3-10(16)15-8-4-5-8/h8-9H,2-7H2,1H3,(H,15,16)(H,17,18)(H2,13,14,19). The van der Waals surface area contributed by atoms with Crippen molar-refractivity contribution in [1.82, 2.24) is 16.0 Å². The lowest BCUT2D eigenvalue weighted by Crippen LogP contribution is -2.43. The molecule has 0 aliphatic heterocycles. The Morgan fingerprint density at radius 3 is 2.55 bits per heavy atom. The molecule has 0 saturated heterocycles. The Morgan fingerprint density at radius 1 is 1.30 bits per heavy atom. The van der Waals surface area contributed by atoms with Crippen molar-refractivity contribution in [2.75, 3.05) is 20.2 Å². The van der Waals surface area contributed by atoms with Crippen molar-refractivity contribution in [1.29, 1.82) is 0 Å². The molecule has 1 rings (SSSR count). The van der Waals surface area contributed by atoms with Crippen molar-refractivity contribution in [3.05, 3.63) is 0 Å². The highest BCUT2D eigenvalue weighted by Crippen LogP contribution is 2.18. The fourth-order valence-electron chi connectivity index (χ4n) is 1.50. The number of hydrogen-bond donors (Lipinski definition) is 4. The van der Waals surface area contributed by atoms with Crippen LogP contribution in [0.25, 0.3) is 0 Å². The minimum atomic E-state index is -1.13. The zero-order valence-corrected chi connectivity index (χ0v) is 11.5. The first kappa shape index (κ1) is 16.2. The Balaban J connectivity index is 2.01. The predicted molar refractivity (Wildman–Crippen MR) is 70.2 cm³/mol. The first-order chi connectivity index (χ1) is 9.52. The molecule has 1 unspecified atom stereocenters.